The average molecular weight is 644 g/mol. The van der Waals surface area contributed by atoms with E-state index in [1.54, 1.807) is 6.07 Å². The third-order valence-electron chi connectivity index (χ3n) is 8.99. The Kier molecular flexibility index (Phi) is 10.1. The van der Waals surface area contributed by atoms with Gasteiger partial charge in [-0.05, 0) is 49.1 Å². The molecule has 0 spiro atoms. The Morgan fingerprint density at radius 1 is 1.09 bits per heavy atom. The van der Waals surface area contributed by atoms with Gasteiger partial charge in [-0.25, -0.2) is 12.7 Å². The van der Waals surface area contributed by atoms with Crippen LogP contribution in [0.3, 0.4) is 0 Å². The van der Waals surface area contributed by atoms with Crippen molar-refractivity contribution in [3.8, 4) is 11.5 Å². The number of unbranched alkanes of at least 4 members (excludes halogenated alkanes) is 1. The number of amides is 1. The zero-order valence-corrected chi connectivity index (χ0v) is 27.7. The zero-order chi connectivity index (χ0) is 32.4. The van der Waals surface area contributed by atoms with E-state index in [9.17, 15) is 23.1 Å². The van der Waals surface area contributed by atoms with E-state index >= 15 is 0 Å². The normalized spacial score (nSPS) is 23.0. The van der Waals surface area contributed by atoms with Crippen LogP contribution in [-0.2, 0) is 26.2 Å². The number of nitrogens with zero attached hydrogens (tertiary/aromatic N) is 4. The van der Waals surface area contributed by atoms with Gasteiger partial charge in [-0.15, -0.1) is 0 Å². The number of carbonyl (C=O) groups excluding carboxylic acids is 1. The number of likely N-dealkylation sites (tertiary alicyclic amines) is 1. The van der Waals surface area contributed by atoms with Crippen molar-refractivity contribution in [2.24, 2.45) is 5.92 Å². The second-order valence-corrected chi connectivity index (χ2v) is 15.5. The molecule has 45 heavy (non-hydrogen) atoms. The Labute approximate surface area is 266 Å². The molecule has 1 amide bonds. The molecule has 3 heterocycles. The van der Waals surface area contributed by atoms with Crippen molar-refractivity contribution in [1.29, 1.82) is 0 Å². The van der Waals surface area contributed by atoms with Gasteiger partial charge in [-0.3, -0.25) is 14.5 Å². The summed E-state index contributed by atoms with van der Waals surface area (Å²) in [6, 6.07) is 13.1. The molecule has 0 aromatic heterocycles. The van der Waals surface area contributed by atoms with Crippen LogP contribution in [0.2, 0.25) is 0 Å². The number of hydrogen-bond acceptors (Lipinski definition) is 7. The van der Waals surface area contributed by atoms with Gasteiger partial charge in [0.05, 0.1) is 39.4 Å². The predicted molar refractivity (Wildman–Crippen MR) is 172 cm³/mol. The van der Waals surface area contributed by atoms with E-state index in [1.807, 2.05) is 34.1 Å². The van der Waals surface area contributed by atoms with Gasteiger partial charge in [0.1, 0.15) is 6.54 Å². The topological polar surface area (TPSA) is 117 Å². The minimum absolute atomic E-state index is 0.0333. The predicted octanol–water partition coefficient (Wildman–Crippen LogP) is 3.35. The summed E-state index contributed by atoms with van der Waals surface area (Å²) in [7, 11) is 3.04. The summed E-state index contributed by atoms with van der Waals surface area (Å²) in [6.07, 6.45) is 2.64. The molecule has 3 unspecified atom stereocenters. The van der Waals surface area contributed by atoms with E-state index in [1.165, 1.54) is 4.31 Å². The molecule has 12 heteroatoms. The number of fused-ring (bicyclic) bond motifs is 1. The molecule has 5 rings (SSSR count). The van der Waals surface area contributed by atoms with E-state index in [0.29, 0.717) is 44.0 Å². The lowest BCUT2D eigenvalue weighted by atomic mass is 9.84. The Balaban J connectivity index is 1.44. The lowest BCUT2D eigenvalue weighted by Crippen LogP contribution is -2.45. The second kappa shape index (κ2) is 13.7. The monoisotopic (exact) mass is 643 g/mol. The van der Waals surface area contributed by atoms with Crippen LogP contribution in [0, 0.1) is 5.92 Å². The Morgan fingerprint density at radius 2 is 1.87 bits per heavy atom. The quantitative estimate of drug-likeness (QED) is 0.331. The van der Waals surface area contributed by atoms with Gasteiger partial charge >= 0.3 is 5.97 Å². The van der Waals surface area contributed by atoms with Gasteiger partial charge in [-0.1, -0.05) is 31.5 Å². The first kappa shape index (κ1) is 33.2. The van der Waals surface area contributed by atoms with Gasteiger partial charge < -0.3 is 24.0 Å². The summed E-state index contributed by atoms with van der Waals surface area (Å²) in [5.74, 6) is -1.00. The minimum atomic E-state index is -3.35. The summed E-state index contributed by atoms with van der Waals surface area (Å²) < 4.78 is 38.5. The van der Waals surface area contributed by atoms with E-state index in [-0.39, 0.29) is 31.5 Å². The molecule has 0 radical (unpaired) electrons. The number of aliphatic carboxylic acids is 1. The summed E-state index contributed by atoms with van der Waals surface area (Å²) in [5, 5.41) is 10.6. The molecule has 246 valence electrons. The summed E-state index contributed by atoms with van der Waals surface area (Å²) in [5.41, 5.74) is 2.77. The van der Waals surface area contributed by atoms with Crippen LogP contribution in [0.25, 0.3) is 0 Å². The van der Waals surface area contributed by atoms with Crippen LogP contribution in [0.5, 0.6) is 11.5 Å². The van der Waals surface area contributed by atoms with Gasteiger partial charge in [0.2, 0.25) is 22.7 Å². The largest absolute Gasteiger partial charge is 0.481 e. The molecule has 3 atom stereocenters. The first-order valence-electron chi connectivity index (χ1n) is 15.9. The number of carboxylic acids is 1. The highest BCUT2D eigenvalue weighted by Crippen LogP contribution is 2.43. The van der Waals surface area contributed by atoms with Crippen molar-refractivity contribution in [3.05, 3.63) is 53.6 Å². The Morgan fingerprint density at radius 3 is 2.56 bits per heavy atom. The molecule has 0 aliphatic carbocycles. The highest BCUT2D eigenvalue weighted by molar-refractivity contribution is 7.89. The molecular weight excluding hydrogens is 596 g/mol. The smallest absolute Gasteiger partial charge is 0.308 e. The van der Waals surface area contributed by atoms with Crippen LogP contribution < -0.4 is 14.4 Å². The maximum absolute atomic E-state index is 14.2. The van der Waals surface area contributed by atoms with Crippen LogP contribution in [0.15, 0.2) is 42.5 Å². The number of carbonyl (C=O) groups is 2. The maximum Gasteiger partial charge on any atom is 0.308 e. The van der Waals surface area contributed by atoms with Crippen molar-refractivity contribution >= 4 is 27.6 Å². The Bertz CT molecular complexity index is 1490. The van der Waals surface area contributed by atoms with Gasteiger partial charge in [0.15, 0.2) is 11.5 Å². The average Bonchev–Trinajstić information content (AvgIpc) is 3.67. The number of hydrogen-bond donors (Lipinski definition) is 1. The first-order chi connectivity index (χ1) is 21.4. The number of quaternary nitrogens is 1. The van der Waals surface area contributed by atoms with Gasteiger partial charge in [0.25, 0.3) is 0 Å². The van der Waals surface area contributed by atoms with Gasteiger partial charge in [-0.2, -0.15) is 0 Å². The molecule has 3 aliphatic rings. The first-order valence-corrected chi connectivity index (χ1v) is 17.5. The summed E-state index contributed by atoms with van der Waals surface area (Å²) in [6.45, 7) is 4.62. The number of sulfonamides is 1. The molecule has 2 aromatic rings. The van der Waals surface area contributed by atoms with Crippen molar-refractivity contribution in [2.45, 2.75) is 51.1 Å². The number of carboxylic acid groups (broad SMARTS) is 1. The van der Waals surface area contributed by atoms with E-state index < -0.39 is 33.9 Å². The van der Waals surface area contributed by atoms with E-state index in [2.05, 4.69) is 40.2 Å². The molecule has 2 aromatic carbocycles. The van der Waals surface area contributed by atoms with Crippen molar-refractivity contribution in [1.82, 2.24) is 9.21 Å². The molecule has 0 saturated carbocycles. The fourth-order valence-electron chi connectivity index (χ4n) is 6.90. The fourth-order valence-corrected chi connectivity index (χ4v) is 8.44. The van der Waals surface area contributed by atoms with Crippen molar-refractivity contribution in [3.63, 3.8) is 0 Å². The fraction of sp³-hybridized carbons (Fsp3) is 0.576. The minimum Gasteiger partial charge on any atom is -0.481 e. The van der Waals surface area contributed by atoms with E-state index in [4.69, 9.17) is 9.47 Å². The summed E-state index contributed by atoms with van der Waals surface area (Å²) >= 11 is 0. The molecule has 3 aliphatic heterocycles. The van der Waals surface area contributed by atoms with Crippen LogP contribution in [0.1, 0.15) is 49.7 Å². The highest BCUT2D eigenvalue weighted by atomic mass is 32.2. The third-order valence-corrected chi connectivity index (χ3v) is 10.9. The highest BCUT2D eigenvalue weighted by Gasteiger charge is 2.48. The van der Waals surface area contributed by atoms with Crippen LogP contribution >= 0.6 is 0 Å². The molecular formula is C33H47N4O7S+. The standard InChI is InChI=1S/C33H46N4O7S/c1-5-6-15-36(26-10-7-9-24(18-26)22-37(2,3)4)31(38)21-34-20-27(25-11-12-29-30(19-25)44-23-43-29)32(33(39)40)28(34)13-16-35-14-8-17-45(35,41)42/h7,9-12,18-19,27-28,32H,5-6,8,13-17,20-23H2,1-4H3/p+1. The molecule has 2 fully saturated rings. The van der Waals surface area contributed by atoms with Gasteiger partial charge in [0, 0.05) is 49.4 Å². The summed E-state index contributed by atoms with van der Waals surface area (Å²) in [4.78, 5) is 30.9. The van der Waals surface area contributed by atoms with E-state index in [0.717, 1.165) is 40.7 Å². The SMILES string of the molecule is CCCCN(C(=O)CN1CC(c2ccc3c(c2)OCO3)C(C(=O)O)C1CCN1CCCS1(=O)=O)c1cccc(C[N+](C)(C)C)c1. The lowest BCUT2D eigenvalue weighted by molar-refractivity contribution is -0.884. The number of anilines is 1. The zero-order valence-electron chi connectivity index (χ0n) is 26.9. The molecule has 2 saturated heterocycles. The number of rotatable bonds is 13. The molecule has 1 N–H and O–H groups in total. The lowest BCUT2D eigenvalue weighted by Gasteiger charge is -2.31. The van der Waals surface area contributed by atoms with Crippen LogP contribution in [0.4, 0.5) is 5.69 Å². The van der Waals surface area contributed by atoms with Crippen LogP contribution in [-0.4, -0.2) is 112 Å². The van der Waals surface area contributed by atoms with Crippen molar-refractivity contribution in [2.75, 3.05) is 71.3 Å². The third kappa shape index (κ3) is 7.79. The second-order valence-electron chi connectivity index (χ2n) is 13.5. The number of ether oxygens (including phenoxy) is 2. The molecule has 11 nitrogen and oxygen atoms in total. The molecule has 0 bridgehead atoms. The maximum atomic E-state index is 14.2. The Hall–Kier alpha value is -3.19. The number of benzene rings is 2. The van der Waals surface area contributed by atoms with Crippen molar-refractivity contribution < 1.29 is 37.1 Å².